The molecule has 62 heavy (non-hydrogen) atoms. The quantitative estimate of drug-likeness (QED) is 0.161. The molecule has 0 saturated carbocycles. The average Bonchev–Trinajstić information content (AvgIpc) is 3.86. The highest BCUT2D eigenvalue weighted by Gasteiger charge is 2.45. The zero-order valence-corrected chi connectivity index (χ0v) is 33.9. The Balaban J connectivity index is 0.991. The molecule has 2 aromatic heterocycles. The first-order chi connectivity index (χ1) is 30.8. The molecule has 1 aliphatic rings. The van der Waals surface area contributed by atoms with Crippen molar-refractivity contribution in [3.8, 4) is 61.7 Å². The van der Waals surface area contributed by atoms with Crippen LogP contribution in [0.4, 0.5) is 0 Å². The molecule has 9 aromatic carbocycles. The Hall–Kier alpha value is -8.14. The van der Waals surface area contributed by atoms with Crippen LogP contribution in [-0.4, -0.2) is 14.5 Å². The first-order valence-corrected chi connectivity index (χ1v) is 21.2. The molecule has 290 valence electrons. The van der Waals surface area contributed by atoms with Crippen LogP contribution in [0.2, 0.25) is 0 Å². The van der Waals surface area contributed by atoms with Crippen molar-refractivity contribution in [1.29, 1.82) is 0 Å². The normalized spacial score (nSPS) is 12.6. The Kier molecular flexibility index (Phi) is 8.39. The fourth-order valence-electron chi connectivity index (χ4n) is 9.99. The minimum Gasteiger partial charge on any atom is -0.294 e. The Morgan fingerprint density at radius 1 is 0.355 bits per heavy atom. The molecule has 0 saturated heterocycles. The molecule has 1 aliphatic carbocycles. The molecule has 0 N–H and O–H groups in total. The SMILES string of the molecule is c1ccc(-c2nc(-c3cccc(-c4cccc(-c5cccc(C6(c7ccccc7)c7ccccc7-c7ccccc76)c5)c4)c3)nc3c2c2ccccc2n3-c2ccccc2)cc1. The van der Waals surface area contributed by atoms with Crippen molar-refractivity contribution in [2.75, 3.05) is 0 Å². The molecule has 0 amide bonds. The van der Waals surface area contributed by atoms with Gasteiger partial charge >= 0.3 is 0 Å². The molecule has 0 fully saturated rings. The van der Waals surface area contributed by atoms with Gasteiger partial charge in [-0.3, -0.25) is 4.57 Å². The van der Waals surface area contributed by atoms with E-state index in [9.17, 15) is 0 Å². The van der Waals surface area contributed by atoms with Crippen molar-refractivity contribution in [3.05, 3.63) is 259 Å². The van der Waals surface area contributed by atoms with Gasteiger partial charge in [-0.25, -0.2) is 9.97 Å². The topological polar surface area (TPSA) is 30.7 Å². The van der Waals surface area contributed by atoms with E-state index < -0.39 is 5.41 Å². The van der Waals surface area contributed by atoms with Gasteiger partial charge in [-0.05, 0) is 92.0 Å². The van der Waals surface area contributed by atoms with E-state index in [2.05, 4.69) is 241 Å². The highest BCUT2D eigenvalue weighted by Crippen LogP contribution is 2.56. The lowest BCUT2D eigenvalue weighted by Gasteiger charge is -2.34. The largest absolute Gasteiger partial charge is 0.294 e. The fourth-order valence-corrected chi connectivity index (χ4v) is 9.99. The third-order valence-corrected chi connectivity index (χ3v) is 12.7. The monoisotopic (exact) mass is 789 g/mol. The molecule has 0 radical (unpaired) electrons. The zero-order chi connectivity index (χ0) is 41.0. The van der Waals surface area contributed by atoms with Crippen LogP contribution >= 0.6 is 0 Å². The van der Waals surface area contributed by atoms with Gasteiger partial charge in [0, 0.05) is 22.2 Å². The number of hydrogen-bond donors (Lipinski definition) is 0. The van der Waals surface area contributed by atoms with Gasteiger partial charge in [-0.1, -0.05) is 200 Å². The van der Waals surface area contributed by atoms with Gasteiger partial charge in [-0.15, -0.1) is 0 Å². The van der Waals surface area contributed by atoms with E-state index in [4.69, 9.17) is 9.97 Å². The maximum Gasteiger partial charge on any atom is 0.162 e. The molecular formula is C59H39N3. The highest BCUT2D eigenvalue weighted by atomic mass is 15.1. The number of fused-ring (bicyclic) bond motifs is 6. The number of benzene rings is 9. The van der Waals surface area contributed by atoms with Gasteiger partial charge < -0.3 is 0 Å². The molecule has 0 atom stereocenters. The first-order valence-electron chi connectivity index (χ1n) is 21.2. The van der Waals surface area contributed by atoms with Gasteiger partial charge in [0.1, 0.15) is 5.65 Å². The lowest BCUT2D eigenvalue weighted by molar-refractivity contribution is 0.769. The fraction of sp³-hybridized carbons (Fsp3) is 0.0169. The minimum atomic E-state index is -0.456. The van der Waals surface area contributed by atoms with Gasteiger partial charge in [-0.2, -0.15) is 0 Å². The molecule has 3 nitrogen and oxygen atoms in total. The van der Waals surface area contributed by atoms with Gasteiger partial charge in [0.2, 0.25) is 0 Å². The molecule has 0 aliphatic heterocycles. The highest BCUT2D eigenvalue weighted by molar-refractivity contribution is 6.14. The average molecular weight is 790 g/mol. The molecule has 0 bridgehead atoms. The van der Waals surface area contributed by atoms with E-state index >= 15 is 0 Å². The van der Waals surface area contributed by atoms with E-state index in [1.165, 1.54) is 38.9 Å². The first kappa shape index (κ1) is 35.8. The second kappa shape index (κ2) is 14.5. The van der Waals surface area contributed by atoms with E-state index in [0.29, 0.717) is 5.82 Å². The third-order valence-electron chi connectivity index (χ3n) is 12.7. The number of rotatable bonds is 7. The molecule has 0 unspecified atom stereocenters. The molecule has 12 rings (SSSR count). The second-order valence-corrected chi connectivity index (χ2v) is 16.1. The summed E-state index contributed by atoms with van der Waals surface area (Å²) in [7, 11) is 0. The molecular weight excluding hydrogens is 751 g/mol. The van der Waals surface area contributed by atoms with Gasteiger partial charge in [0.05, 0.1) is 22.0 Å². The molecule has 3 heteroatoms. The number of hydrogen-bond acceptors (Lipinski definition) is 2. The maximum atomic E-state index is 5.41. The third kappa shape index (κ3) is 5.59. The van der Waals surface area contributed by atoms with E-state index in [-0.39, 0.29) is 0 Å². The lowest BCUT2D eigenvalue weighted by Crippen LogP contribution is -2.28. The predicted octanol–water partition coefficient (Wildman–Crippen LogP) is 14.6. The summed E-state index contributed by atoms with van der Waals surface area (Å²) in [4.78, 5) is 10.8. The van der Waals surface area contributed by atoms with Gasteiger partial charge in [0.25, 0.3) is 0 Å². The van der Waals surface area contributed by atoms with Crippen LogP contribution in [0.3, 0.4) is 0 Å². The van der Waals surface area contributed by atoms with Gasteiger partial charge in [0.15, 0.2) is 5.82 Å². The number of aromatic nitrogens is 3. The Morgan fingerprint density at radius 3 is 1.52 bits per heavy atom. The van der Waals surface area contributed by atoms with Crippen LogP contribution in [0.15, 0.2) is 237 Å². The van der Waals surface area contributed by atoms with Crippen LogP contribution in [0.25, 0.3) is 83.6 Å². The summed E-state index contributed by atoms with van der Waals surface area (Å²) < 4.78 is 2.27. The summed E-state index contributed by atoms with van der Waals surface area (Å²) in [5.41, 5.74) is 17.8. The summed E-state index contributed by atoms with van der Waals surface area (Å²) in [5.74, 6) is 0.686. The smallest absolute Gasteiger partial charge is 0.162 e. The van der Waals surface area contributed by atoms with Crippen molar-refractivity contribution in [1.82, 2.24) is 14.5 Å². The van der Waals surface area contributed by atoms with Crippen LogP contribution in [0.5, 0.6) is 0 Å². The zero-order valence-electron chi connectivity index (χ0n) is 33.9. The van der Waals surface area contributed by atoms with Crippen LogP contribution < -0.4 is 0 Å². The van der Waals surface area contributed by atoms with E-state index in [0.717, 1.165) is 61.1 Å². The number of para-hydroxylation sites is 2. The van der Waals surface area contributed by atoms with E-state index in [1.54, 1.807) is 0 Å². The lowest BCUT2D eigenvalue weighted by atomic mass is 9.67. The number of nitrogens with zero attached hydrogens (tertiary/aromatic N) is 3. The van der Waals surface area contributed by atoms with Crippen molar-refractivity contribution in [2.24, 2.45) is 0 Å². The Morgan fingerprint density at radius 2 is 0.839 bits per heavy atom. The molecule has 2 heterocycles. The van der Waals surface area contributed by atoms with Crippen molar-refractivity contribution in [3.63, 3.8) is 0 Å². The molecule has 11 aromatic rings. The van der Waals surface area contributed by atoms with Crippen molar-refractivity contribution in [2.45, 2.75) is 5.41 Å². The van der Waals surface area contributed by atoms with E-state index in [1.807, 2.05) is 0 Å². The minimum absolute atomic E-state index is 0.456. The van der Waals surface area contributed by atoms with Crippen molar-refractivity contribution < 1.29 is 0 Å². The standard InChI is InChI=1S/C59H39N3/c1-4-19-40(20-5-1)56-55-51-33-12-15-36-54(51)62(48-29-8-3-9-30-48)58(55)61-57(60-56)45-25-17-23-43(38-45)41-21-16-22-42(37-41)44-24-18-28-47(39-44)59(46-26-6-2-7-27-46)52-34-13-10-31-49(52)50-32-11-14-35-53(50)59/h1-39H. The Labute approximate surface area is 360 Å². The van der Waals surface area contributed by atoms with Crippen LogP contribution in [-0.2, 0) is 5.41 Å². The Bertz CT molecular complexity index is 3410. The predicted molar refractivity (Wildman–Crippen MR) is 255 cm³/mol. The summed E-state index contributed by atoms with van der Waals surface area (Å²) in [6, 6.07) is 85.2. The maximum absolute atomic E-state index is 5.41. The summed E-state index contributed by atoms with van der Waals surface area (Å²) >= 11 is 0. The summed E-state index contributed by atoms with van der Waals surface area (Å²) in [6.07, 6.45) is 0. The van der Waals surface area contributed by atoms with Crippen LogP contribution in [0.1, 0.15) is 22.3 Å². The summed E-state index contributed by atoms with van der Waals surface area (Å²) in [5, 5.41) is 2.17. The van der Waals surface area contributed by atoms with Crippen LogP contribution in [0, 0.1) is 0 Å². The van der Waals surface area contributed by atoms with Crippen molar-refractivity contribution >= 4 is 21.9 Å². The summed E-state index contributed by atoms with van der Waals surface area (Å²) in [6.45, 7) is 0. The second-order valence-electron chi connectivity index (χ2n) is 16.1. The molecule has 0 spiro atoms.